The van der Waals surface area contributed by atoms with Gasteiger partial charge in [-0.2, -0.15) is 8.78 Å². The number of rotatable bonds is 5. The van der Waals surface area contributed by atoms with Gasteiger partial charge in [-0.25, -0.2) is 0 Å². The van der Waals surface area contributed by atoms with Crippen LogP contribution in [0, 0.1) is 5.92 Å². The molecule has 0 aliphatic heterocycles. The first-order chi connectivity index (χ1) is 10.5. The summed E-state index contributed by atoms with van der Waals surface area (Å²) in [6.45, 7) is -0.826. The first kappa shape index (κ1) is 16.5. The zero-order chi connectivity index (χ0) is 16.1. The van der Waals surface area contributed by atoms with Crippen molar-refractivity contribution in [1.29, 1.82) is 0 Å². The van der Waals surface area contributed by atoms with Gasteiger partial charge in [0.15, 0.2) is 11.5 Å². The lowest BCUT2D eigenvalue weighted by atomic mass is 9.87. The minimum Gasteiger partial charge on any atom is -0.493 e. The maximum atomic E-state index is 12.6. The highest BCUT2D eigenvalue weighted by molar-refractivity contribution is 5.98. The standard InChI is InChI=1S/C16H21F2NO3/c1-10-6-8-11(9-7-10)19-15(20)12-4-3-5-13(21-2)14(12)22-16(17)18/h3-5,10-11,16H,6-9H2,1-2H3,(H,19,20). The summed E-state index contributed by atoms with van der Waals surface area (Å²) in [7, 11) is 1.35. The number of alkyl halides is 2. The van der Waals surface area contributed by atoms with Gasteiger partial charge in [0, 0.05) is 6.04 Å². The zero-order valence-electron chi connectivity index (χ0n) is 12.8. The maximum Gasteiger partial charge on any atom is 0.387 e. The summed E-state index contributed by atoms with van der Waals surface area (Å²) < 4.78 is 34.6. The van der Waals surface area contributed by atoms with E-state index in [9.17, 15) is 13.6 Å². The molecule has 4 nitrogen and oxygen atoms in total. The molecule has 2 rings (SSSR count). The van der Waals surface area contributed by atoms with Crippen LogP contribution in [-0.2, 0) is 0 Å². The van der Waals surface area contributed by atoms with Crippen LogP contribution in [0.2, 0.25) is 0 Å². The topological polar surface area (TPSA) is 47.6 Å². The monoisotopic (exact) mass is 313 g/mol. The molecule has 1 aromatic carbocycles. The number of amides is 1. The molecule has 6 heteroatoms. The Hall–Kier alpha value is -1.85. The number of para-hydroxylation sites is 1. The summed E-state index contributed by atoms with van der Waals surface area (Å²) in [5.74, 6) is 0.156. The Morgan fingerprint density at radius 1 is 1.27 bits per heavy atom. The summed E-state index contributed by atoms with van der Waals surface area (Å²) >= 11 is 0. The number of nitrogens with one attached hydrogen (secondary N) is 1. The molecule has 1 aliphatic carbocycles. The number of carbonyl (C=O) groups excluding carboxylic acids is 1. The van der Waals surface area contributed by atoms with Crippen molar-refractivity contribution in [1.82, 2.24) is 5.32 Å². The highest BCUT2D eigenvalue weighted by atomic mass is 19.3. The van der Waals surface area contributed by atoms with Gasteiger partial charge in [0.1, 0.15) is 0 Å². The molecule has 1 amide bonds. The Morgan fingerprint density at radius 2 is 1.95 bits per heavy atom. The van der Waals surface area contributed by atoms with Crippen molar-refractivity contribution in [3.05, 3.63) is 23.8 Å². The zero-order valence-corrected chi connectivity index (χ0v) is 12.8. The smallest absolute Gasteiger partial charge is 0.387 e. The third kappa shape index (κ3) is 4.08. The van der Waals surface area contributed by atoms with E-state index in [2.05, 4.69) is 17.0 Å². The molecule has 0 aromatic heterocycles. The van der Waals surface area contributed by atoms with Gasteiger partial charge in [0.05, 0.1) is 12.7 Å². The van der Waals surface area contributed by atoms with Crippen molar-refractivity contribution >= 4 is 5.91 Å². The molecule has 0 heterocycles. The molecule has 122 valence electrons. The van der Waals surface area contributed by atoms with Gasteiger partial charge >= 0.3 is 6.61 Å². The van der Waals surface area contributed by atoms with Crippen molar-refractivity contribution in [3.63, 3.8) is 0 Å². The number of ether oxygens (including phenoxy) is 2. The van der Waals surface area contributed by atoms with E-state index >= 15 is 0 Å². The number of benzene rings is 1. The number of carbonyl (C=O) groups is 1. The van der Waals surface area contributed by atoms with Crippen LogP contribution in [0.4, 0.5) is 8.78 Å². The number of halogens is 2. The van der Waals surface area contributed by atoms with Gasteiger partial charge in [-0.15, -0.1) is 0 Å². The van der Waals surface area contributed by atoms with Gasteiger partial charge in [-0.3, -0.25) is 4.79 Å². The van der Waals surface area contributed by atoms with E-state index in [0.29, 0.717) is 5.92 Å². The predicted molar refractivity (Wildman–Crippen MR) is 78.5 cm³/mol. The van der Waals surface area contributed by atoms with Gasteiger partial charge in [0.25, 0.3) is 5.91 Å². The number of hydrogen-bond acceptors (Lipinski definition) is 3. The van der Waals surface area contributed by atoms with Crippen LogP contribution in [-0.4, -0.2) is 25.7 Å². The van der Waals surface area contributed by atoms with Gasteiger partial charge in [0.2, 0.25) is 0 Å². The average molecular weight is 313 g/mol. The Labute approximate surface area is 128 Å². The van der Waals surface area contributed by atoms with E-state index in [1.807, 2.05) is 0 Å². The third-order valence-corrected chi connectivity index (χ3v) is 4.00. The SMILES string of the molecule is COc1cccc(C(=O)NC2CCC(C)CC2)c1OC(F)F. The lowest BCUT2D eigenvalue weighted by Gasteiger charge is -2.27. The Morgan fingerprint density at radius 3 is 2.55 bits per heavy atom. The molecule has 1 saturated carbocycles. The highest BCUT2D eigenvalue weighted by Crippen LogP contribution is 2.33. The lowest BCUT2D eigenvalue weighted by molar-refractivity contribution is -0.0515. The minimum atomic E-state index is -3.02. The Bertz CT molecular complexity index is 514. The van der Waals surface area contributed by atoms with E-state index in [-0.39, 0.29) is 23.1 Å². The summed E-state index contributed by atoms with van der Waals surface area (Å²) in [4.78, 5) is 12.4. The molecule has 0 atom stereocenters. The summed E-state index contributed by atoms with van der Waals surface area (Å²) in [5.41, 5.74) is 0.0678. The molecule has 0 saturated heterocycles. The van der Waals surface area contributed by atoms with Crippen LogP contribution in [0.1, 0.15) is 43.0 Å². The minimum absolute atomic E-state index is 0.0678. The Balaban J connectivity index is 2.14. The quantitative estimate of drug-likeness (QED) is 0.903. The van der Waals surface area contributed by atoms with Crippen LogP contribution in [0.3, 0.4) is 0 Å². The Kier molecular flexibility index (Phi) is 5.57. The predicted octanol–water partition coefficient (Wildman–Crippen LogP) is 3.61. The molecule has 1 fully saturated rings. The first-order valence-electron chi connectivity index (χ1n) is 7.44. The fourth-order valence-corrected chi connectivity index (χ4v) is 2.73. The van der Waals surface area contributed by atoms with Crippen molar-refractivity contribution in [2.24, 2.45) is 5.92 Å². The second-order valence-electron chi connectivity index (χ2n) is 5.65. The maximum absolute atomic E-state index is 12.6. The van der Waals surface area contributed by atoms with E-state index in [0.717, 1.165) is 25.7 Å². The fraction of sp³-hybridized carbons (Fsp3) is 0.562. The van der Waals surface area contributed by atoms with Crippen LogP contribution in [0.25, 0.3) is 0 Å². The first-order valence-corrected chi connectivity index (χ1v) is 7.44. The summed E-state index contributed by atoms with van der Waals surface area (Å²) in [5, 5.41) is 2.90. The van der Waals surface area contributed by atoms with E-state index < -0.39 is 12.5 Å². The fourth-order valence-electron chi connectivity index (χ4n) is 2.73. The van der Waals surface area contributed by atoms with Crippen LogP contribution in [0.5, 0.6) is 11.5 Å². The average Bonchev–Trinajstić information content (AvgIpc) is 2.49. The normalized spacial score (nSPS) is 21.5. The molecule has 1 aliphatic rings. The second kappa shape index (κ2) is 7.42. The molecule has 1 aromatic rings. The van der Waals surface area contributed by atoms with Crippen LogP contribution >= 0.6 is 0 Å². The summed E-state index contributed by atoms with van der Waals surface area (Å²) in [6.07, 6.45) is 3.93. The van der Waals surface area contributed by atoms with Gasteiger partial charge in [-0.05, 0) is 43.7 Å². The lowest BCUT2D eigenvalue weighted by Crippen LogP contribution is -2.37. The molecular formula is C16H21F2NO3. The van der Waals surface area contributed by atoms with Gasteiger partial charge in [-0.1, -0.05) is 13.0 Å². The summed E-state index contributed by atoms with van der Waals surface area (Å²) in [6, 6.07) is 4.60. The van der Waals surface area contributed by atoms with E-state index in [1.165, 1.54) is 19.2 Å². The van der Waals surface area contributed by atoms with Crippen molar-refractivity contribution < 1.29 is 23.0 Å². The molecule has 0 radical (unpaired) electrons. The van der Waals surface area contributed by atoms with Crippen molar-refractivity contribution in [3.8, 4) is 11.5 Å². The molecule has 22 heavy (non-hydrogen) atoms. The molecule has 1 N–H and O–H groups in total. The largest absolute Gasteiger partial charge is 0.493 e. The third-order valence-electron chi connectivity index (χ3n) is 4.00. The van der Waals surface area contributed by atoms with Crippen LogP contribution < -0.4 is 14.8 Å². The van der Waals surface area contributed by atoms with Crippen LogP contribution in [0.15, 0.2) is 18.2 Å². The number of methoxy groups -OCH3 is 1. The highest BCUT2D eigenvalue weighted by Gasteiger charge is 2.24. The molecule has 0 unspecified atom stereocenters. The van der Waals surface area contributed by atoms with E-state index in [1.54, 1.807) is 6.07 Å². The second-order valence-corrected chi connectivity index (χ2v) is 5.65. The van der Waals surface area contributed by atoms with E-state index in [4.69, 9.17) is 4.74 Å². The van der Waals surface area contributed by atoms with Gasteiger partial charge < -0.3 is 14.8 Å². The molecule has 0 spiro atoms. The van der Waals surface area contributed by atoms with Crippen molar-refractivity contribution in [2.45, 2.75) is 45.3 Å². The molecular weight excluding hydrogens is 292 g/mol. The number of hydrogen-bond donors (Lipinski definition) is 1. The van der Waals surface area contributed by atoms with Crippen molar-refractivity contribution in [2.75, 3.05) is 7.11 Å². The molecule has 0 bridgehead atoms.